The molecular weight excluding hydrogens is 262 g/mol. The lowest BCUT2D eigenvalue weighted by Gasteiger charge is -2.04. The molecule has 0 spiro atoms. The Morgan fingerprint density at radius 3 is 1.43 bits per heavy atom. The molecule has 0 unspecified atom stereocenters. The number of hydrogen-bond donors (Lipinski definition) is 1. The van der Waals surface area contributed by atoms with Gasteiger partial charge in [-0.1, -0.05) is 90.4 Å². The average molecular weight is 298 g/mol. The third-order valence-corrected chi connectivity index (χ3v) is 3.98. The molecule has 21 heavy (non-hydrogen) atoms. The monoisotopic (exact) mass is 298 g/mol. The zero-order valence-electron chi connectivity index (χ0n) is 14.1. The predicted molar refractivity (Wildman–Crippen MR) is 88.9 cm³/mol. The molecule has 0 atom stereocenters. The quantitative estimate of drug-likeness (QED) is 0.400. The minimum absolute atomic E-state index is 0.371. The summed E-state index contributed by atoms with van der Waals surface area (Å²) in [6.45, 7) is 2.29. The first kappa shape index (κ1) is 20.4. The molecule has 0 heterocycles. The van der Waals surface area contributed by atoms with Crippen molar-refractivity contribution in [2.45, 2.75) is 96.8 Å². The Labute approximate surface area is 131 Å². The van der Waals surface area contributed by atoms with Crippen molar-refractivity contribution in [2.24, 2.45) is 0 Å². The molecule has 1 radical (unpaired) electrons. The van der Waals surface area contributed by atoms with Gasteiger partial charge in [0.1, 0.15) is 0 Å². The smallest absolute Gasteiger partial charge is 0.249 e. The highest BCUT2D eigenvalue weighted by atomic mass is 16.3. The van der Waals surface area contributed by atoms with Crippen LogP contribution in [0.1, 0.15) is 96.8 Å². The molecule has 0 bridgehead atoms. The first-order chi connectivity index (χ1) is 10.3. The van der Waals surface area contributed by atoms with Gasteiger partial charge in [0.05, 0.1) is 0 Å². The summed E-state index contributed by atoms with van der Waals surface area (Å²) in [5.74, 6) is -0.371. The van der Waals surface area contributed by atoms with Crippen LogP contribution in [0, 0.1) is 0 Å². The Hall–Kier alpha value is -0.570. The SMILES string of the molecule is CCCCCCCCCCCCCCCCNC(=O)C[O]. The van der Waals surface area contributed by atoms with E-state index in [0.29, 0.717) is 6.54 Å². The maximum absolute atomic E-state index is 10.7. The molecule has 1 N–H and O–H groups in total. The molecular formula is C18H36NO2. The van der Waals surface area contributed by atoms with Gasteiger partial charge in [-0.25, -0.2) is 5.11 Å². The molecule has 0 fully saturated rings. The molecule has 125 valence electrons. The van der Waals surface area contributed by atoms with Crippen molar-refractivity contribution in [3.8, 4) is 0 Å². The highest BCUT2D eigenvalue weighted by Gasteiger charge is 1.97. The van der Waals surface area contributed by atoms with E-state index in [9.17, 15) is 9.90 Å². The summed E-state index contributed by atoms with van der Waals surface area (Å²) in [6, 6.07) is 0. The summed E-state index contributed by atoms with van der Waals surface area (Å²) >= 11 is 0. The number of hydrogen-bond acceptors (Lipinski definition) is 1. The van der Waals surface area contributed by atoms with Crippen LogP contribution in [-0.4, -0.2) is 19.1 Å². The molecule has 0 rings (SSSR count). The fourth-order valence-electron chi connectivity index (χ4n) is 2.60. The summed E-state index contributed by atoms with van der Waals surface area (Å²) in [5, 5.41) is 12.8. The van der Waals surface area contributed by atoms with E-state index in [-0.39, 0.29) is 5.91 Å². The van der Waals surface area contributed by atoms with Gasteiger partial charge < -0.3 is 5.32 Å². The second-order valence-electron chi connectivity index (χ2n) is 6.09. The second kappa shape index (κ2) is 17.5. The van der Waals surface area contributed by atoms with E-state index in [1.807, 2.05) is 0 Å². The summed E-state index contributed by atoms with van der Waals surface area (Å²) < 4.78 is 0. The lowest BCUT2D eigenvalue weighted by atomic mass is 10.0. The minimum atomic E-state index is -0.640. The van der Waals surface area contributed by atoms with E-state index >= 15 is 0 Å². The van der Waals surface area contributed by atoms with E-state index in [4.69, 9.17) is 0 Å². The van der Waals surface area contributed by atoms with Gasteiger partial charge >= 0.3 is 0 Å². The molecule has 0 aromatic heterocycles. The van der Waals surface area contributed by atoms with Gasteiger partial charge in [0, 0.05) is 6.54 Å². The Kier molecular flexibility index (Phi) is 17.0. The Morgan fingerprint density at radius 1 is 0.667 bits per heavy atom. The fourth-order valence-corrected chi connectivity index (χ4v) is 2.60. The highest BCUT2D eigenvalue weighted by molar-refractivity contribution is 5.76. The number of nitrogens with one attached hydrogen (secondary N) is 1. The van der Waals surface area contributed by atoms with Crippen molar-refractivity contribution in [3.63, 3.8) is 0 Å². The molecule has 0 aliphatic heterocycles. The number of unbranched alkanes of at least 4 members (excludes halogenated alkanes) is 13. The van der Waals surface area contributed by atoms with Crippen LogP contribution in [0.3, 0.4) is 0 Å². The zero-order valence-corrected chi connectivity index (χ0v) is 14.1. The zero-order chi connectivity index (χ0) is 15.6. The van der Waals surface area contributed by atoms with Gasteiger partial charge in [-0.05, 0) is 6.42 Å². The number of carbonyl (C=O) groups is 1. The Balaban J connectivity index is 2.98. The van der Waals surface area contributed by atoms with Crippen LogP contribution in [0.4, 0.5) is 0 Å². The highest BCUT2D eigenvalue weighted by Crippen LogP contribution is 2.12. The Bertz CT molecular complexity index is 219. The molecule has 0 saturated heterocycles. The van der Waals surface area contributed by atoms with Crippen molar-refractivity contribution in [1.82, 2.24) is 5.32 Å². The van der Waals surface area contributed by atoms with Crippen LogP contribution < -0.4 is 5.32 Å². The maximum Gasteiger partial charge on any atom is 0.249 e. The van der Waals surface area contributed by atoms with Crippen molar-refractivity contribution >= 4 is 5.91 Å². The first-order valence-corrected chi connectivity index (χ1v) is 9.16. The van der Waals surface area contributed by atoms with Gasteiger partial charge in [0.25, 0.3) is 0 Å². The fraction of sp³-hybridized carbons (Fsp3) is 0.944. The largest absolute Gasteiger partial charge is 0.354 e. The van der Waals surface area contributed by atoms with Gasteiger partial charge in [0.15, 0.2) is 6.61 Å². The van der Waals surface area contributed by atoms with Crippen LogP contribution in [-0.2, 0) is 9.90 Å². The maximum atomic E-state index is 10.7. The first-order valence-electron chi connectivity index (χ1n) is 9.16. The third-order valence-electron chi connectivity index (χ3n) is 3.98. The summed E-state index contributed by atoms with van der Waals surface area (Å²) in [4.78, 5) is 10.7. The topological polar surface area (TPSA) is 49.0 Å². The number of carbonyl (C=O) groups excluding carboxylic acids is 1. The summed E-state index contributed by atoms with van der Waals surface area (Å²) in [7, 11) is 0. The standard InChI is InChI=1S/C18H36NO2/c1-2-3-4-5-6-7-8-9-10-11-12-13-14-15-16-19-18(21)17-20/h2-17H2,1H3,(H,19,21). The van der Waals surface area contributed by atoms with Crippen LogP contribution >= 0.6 is 0 Å². The van der Waals surface area contributed by atoms with Crippen molar-refractivity contribution in [3.05, 3.63) is 0 Å². The molecule has 0 aliphatic carbocycles. The molecule has 3 nitrogen and oxygen atoms in total. The molecule has 1 amide bonds. The summed E-state index contributed by atoms with van der Waals surface area (Å²) in [6.07, 6.45) is 18.7. The van der Waals surface area contributed by atoms with Gasteiger partial charge in [-0.2, -0.15) is 0 Å². The predicted octanol–water partition coefficient (Wildman–Crippen LogP) is 5.01. The van der Waals surface area contributed by atoms with Gasteiger partial charge in [-0.15, -0.1) is 0 Å². The van der Waals surface area contributed by atoms with E-state index < -0.39 is 6.61 Å². The van der Waals surface area contributed by atoms with E-state index in [1.54, 1.807) is 0 Å². The van der Waals surface area contributed by atoms with Crippen molar-refractivity contribution in [1.29, 1.82) is 0 Å². The number of amides is 1. The normalized spacial score (nSPS) is 10.8. The summed E-state index contributed by atoms with van der Waals surface area (Å²) in [5.41, 5.74) is 0. The van der Waals surface area contributed by atoms with Crippen LogP contribution in [0.25, 0.3) is 0 Å². The lowest BCUT2D eigenvalue weighted by molar-refractivity contribution is -0.125. The molecule has 0 saturated carbocycles. The van der Waals surface area contributed by atoms with Crippen LogP contribution in [0.15, 0.2) is 0 Å². The van der Waals surface area contributed by atoms with Crippen LogP contribution in [0.5, 0.6) is 0 Å². The molecule has 3 heteroatoms. The molecule has 0 aromatic carbocycles. The lowest BCUT2D eigenvalue weighted by Crippen LogP contribution is -2.26. The van der Waals surface area contributed by atoms with Gasteiger partial charge in [0.2, 0.25) is 5.91 Å². The second-order valence-corrected chi connectivity index (χ2v) is 6.09. The van der Waals surface area contributed by atoms with E-state index in [2.05, 4.69) is 12.2 Å². The van der Waals surface area contributed by atoms with E-state index in [1.165, 1.54) is 77.0 Å². The van der Waals surface area contributed by atoms with Crippen molar-refractivity contribution in [2.75, 3.05) is 13.2 Å². The van der Waals surface area contributed by atoms with Crippen LogP contribution in [0.2, 0.25) is 0 Å². The molecule has 0 aliphatic rings. The third kappa shape index (κ3) is 17.4. The molecule has 0 aromatic rings. The average Bonchev–Trinajstić information content (AvgIpc) is 2.50. The van der Waals surface area contributed by atoms with Gasteiger partial charge in [-0.3, -0.25) is 4.79 Å². The van der Waals surface area contributed by atoms with Crippen molar-refractivity contribution < 1.29 is 9.90 Å². The van der Waals surface area contributed by atoms with E-state index in [0.717, 1.165) is 12.8 Å². The number of rotatable bonds is 16. The Morgan fingerprint density at radius 2 is 1.05 bits per heavy atom. The minimum Gasteiger partial charge on any atom is -0.354 e.